The Balaban J connectivity index is 1.64. The van der Waals surface area contributed by atoms with E-state index in [1.165, 1.54) is 12.3 Å². The van der Waals surface area contributed by atoms with Gasteiger partial charge in [-0.05, 0) is 18.9 Å². The molecule has 2 aromatic rings. The van der Waals surface area contributed by atoms with Gasteiger partial charge in [0.05, 0.1) is 31.2 Å². The monoisotopic (exact) mass is 391 g/mol. The van der Waals surface area contributed by atoms with Crippen LogP contribution in [0.3, 0.4) is 0 Å². The molecule has 1 atom stereocenters. The van der Waals surface area contributed by atoms with Gasteiger partial charge in [-0.3, -0.25) is 9.48 Å². The summed E-state index contributed by atoms with van der Waals surface area (Å²) in [5.74, 6) is 0.807. The third-order valence-corrected chi connectivity index (χ3v) is 4.58. The van der Waals surface area contributed by atoms with Gasteiger partial charge in [-0.25, -0.2) is 4.98 Å². The SMILES string of the molecule is C=CC(=O)N1CCC[C@H]1CNc1nc(Nc2cnn(CCO)c2)ncc1Cl. The van der Waals surface area contributed by atoms with Gasteiger partial charge in [-0.1, -0.05) is 18.2 Å². The molecule has 1 fully saturated rings. The van der Waals surface area contributed by atoms with Gasteiger partial charge >= 0.3 is 0 Å². The molecular weight excluding hydrogens is 370 g/mol. The van der Waals surface area contributed by atoms with Gasteiger partial charge in [0.1, 0.15) is 5.02 Å². The summed E-state index contributed by atoms with van der Waals surface area (Å²) in [6.07, 6.45) is 8.11. The summed E-state index contributed by atoms with van der Waals surface area (Å²) in [6, 6.07) is 0.0784. The molecule has 0 aromatic carbocycles. The Kier molecular flexibility index (Phi) is 6.25. The fourth-order valence-electron chi connectivity index (χ4n) is 3.00. The van der Waals surface area contributed by atoms with E-state index in [1.807, 2.05) is 4.90 Å². The maximum atomic E-state index is 11.9. The fraction of sp³-hybridized carbons (Fsp3) is 0.412. The van der Waals surface area contributed by atoms with Crippen molar-refractivity contribution in [3.8, 4) is 0 Å². The van der Waals surface area contributed by atoms with Gasteiger partial charge in [0.25, 0.3) is 0 Å². The molecule has 27 heavy (non-hydrogen) atoms. The highest BCUT2D eigenvalue weighted by Crippen LogP contribution is 2.23. The minimum Gasteiger partial charge on any atom is -0.394 e. The number of hydrogen-bond donors (Lipinski definition) is 3. The van der Waals surface area contributed by atoms with E-state index in [1.54, 1.807) is 17.1 Å². The smallest absolute Gasteiger partial charge is 0.246 e. The molecule has 3 heterocycles. The molecule has 3 rings (SSSR count). The normalized spacial score (nSPS) is 16.4. The average Bonchev–Trinajstić information content (AvgIpc) is 3.31. The largest absolute Gasteiger partial charge is 0.394 e. The molecular formula is C17H22ClN7O2. The van der Waals surface area contributed by atoms with Crippen molar-refractivity contribution in [3.05, 3.63) is 36.3 Å². The Hall–Kier alpha value is -2.65. The molecule has 144 valence electrons. The summed E-state index contributed by atoms with van der Waals surface area (Å²) in [5, 5.41) is 19.7. The first-order valence-electron chi connectivity index (χ1n) is 8.70. The summed E-state index contributed by atoms with van der Waals surface area (Å²) >= 11 is 6.20. The molecule has 0 spiro atoms. The lowest BCUT2D eigenvalue weighted by Crippen LogP contribution is -2.38. The lowest BCUT2D eigenvalue weighted by molar-refractivity contribution is -0.126. The van der Waals surface area contributed by atoms with Crippen molar-refractivity contribution in [2.45, 2.75) is 25.4 Å². The zero-order valence-electron chi connectivity index (χ0n) is 14.8. The number of anilines is 3. The standard InChI is InChI=1S/C17H22ClN7O2/c1-2-15(27)25-5-3-4-13(25)9-19-16-14(18)10-20-17(23-16)22-12-8-21-24(11-12)6-7-26/h2,8,10-11,13,26H,1,3-7,9H2,(H2,19,20,22,23)/t13-/m0/s1. The molecule has 0 saturated carbocycles. The lowest BCUT2D eigenvalue weighted by Gasteiger charge is -2.24. The van der Waals surface area contributed by atoms with Gasteiger partial charge in [0.15, 0.2) is 5.82 Å². The van der Waals surface area contributed by atoms with Crippen molar-refractivity contribution in [2.24, 2.45) is 0 Å². The predicted molar refractivity (Wildman–Crippen MR) is 103 cm³/mol. The highest BCUT2D eigenvalue weighted by molar-refractivity contribution is 6.32. The van der Waals surface area contributed by atoms with Gasteiger partial charge in [0.2, 0.25) is 11.9 Å². The minimum atomic E-state index is -0.0599. The lowest BCUT2D eigenvalue weighted by atomic mass is 10.2. The molecule has 1 saturated heterocycles. The summed E-state index contributed by atoms with van der Waals surface area (Å²) in [4.78, 5) is 22.3. The van der Waals surface area contributed by atoms with E-state index in [4.69, 9.17) is 16.7 Å². The zero-order valence-corrected chi connectivity index (χ0v) is 15.6. The summed E-state index contributed by atoms with van der Waals surface area (Å²) in [7, 11) is 0. The van der Waals surface area contributed by atoms with E-state index < -0.39 is 0 Å². The number of carbonyl (C=O) groups is 1. The topological polar surface area (TPSA) is 108 Å². The molecule has 3 N–H and O–H groups in total. The molecule has 0 bridgehead atoms. The van der Waals surface area contributed by atoms with E-state index in [0.29, 0.717) is 35.6 Å². The average molecular weight is 392 g/mol. The maximum absolute atomic E-state index is 11.9. The van der Waals surface area contributed by atoms with Gasteiger partial charge in [0, 0.05) is 25.3 Å². The van der Waals surface area contributed by atoms with Crippen LogP contribution in [0.25, 0.3) is 0 Å². The number of rotatable bonds is 8. The summed E-state index contributed by atoms with van der Waals surface area (Å²) < 4.78 is 1.61. The molecule has 1 aliphatic rings. The summed E-state index contributed by atoms with van der Waals surface area (Å²) in [6.45, 7) is 5.26. The number of aliphatic hydroxyl groups excluding tert-OH is 1. The van der Waals surface area contributed by atoms with E-state index in [0.717, 1.165) is 19.4 Å². The first-order chi connectivity index (χ1) is 13.1. The van der Waals surface area contributed by atoms with Crippen LogP contribution in [0.5, 0.6) is 0 Å². The van der Waals surface area contributed by atoms with Crippen LogP contribution >= 0.6 is 11.6 Å². The van der Waals surface area contributed by atoms with Gasteiger partial charge in [-0.2, -0.15) is 10.1 Å². The van der Waals surface area contributed by atoms with Gasteiger partial charge < -0.3 is 20.6 Å². The molecule has 0 radical (unpaired) electrons. The van der Waals surface area contributed by atoms with Gasteiger partial charge in [-0.15, -0.1) is 0 Å². The number of likely N-dealkylation sites (tertiary alicyclic amines) is 1. The number of halogens is 1. The Morgan fingerprint density at radius 1 is 1.48 bits per heavy atom. The molecule has 10 heteroatoms. The van der Waals surface area contributed by atoms with Crippen LogP contribution in [-0.2, 0) is 11.3 Å². The second-order valence-corrected chi connectivity index (χ2v) is 6.55. The summed E-state index contributed by atoms with van der Waals surface area (Å²) in [5.41, 5.74) is 0.704. The first-order valence-corrected chi connectivity index (χ1v) is 9.08. The Morgan fingerprint density at radius 3 is 3.11 bits per heavy atom. The third-order valence-electron chi connectivity index (χ3n) is 4.30. The van der Waals surface area contributed by atoms with Crippen molar-refractivity contribution < 1.29 is 9.90 Å². The second-order valence-electron chi connectivity index (χ2n) is 6.14. The second kappa shape index (κ2) is 8.83. The number of carbonyl (C=O) groups excluding carboxylic acids is 1. The van der Waals surface area contributed by atoms with E-state index >= 15 is 0 Å². The highest BCUT2D eigenvalue weighted by atomic mass is 35.5. The molecule has 0 unspecified atom stereocenters. The number of aromatic nitrogens is 4. The van der Waals surface area contributed by atoms with Crippen molar-refractivity contribution in [2.75, 3.05) is 30.3 Å². The van der Waals surface area contributed by atoms with Crippen LogP contribution < -0.4 is 10.6 Å². The van der Waals surface area contributed by atoms with Crippen LogP contribution in [0.2, 0.25) is 5.02 Å². The molecule has 2 aromatic heterocycles. The van der Waals surface area contributed by atoms with E-state index in [2.05, 4.69) is 32.3 Å². The number of nitrogens with one attached hydrogen (secondary N) is 2. The van der Waals surface area contributed by atoms with Crippen molar-refractivity contribution in [3.63, 3.8) is 0 Å². The van der Waals surface area contributed by atoms with Crippen LogP contribution in [0.1, 0.15) is 12.8 Å². The molecule has 9 nitrogen and oxygen atoms in total. The van der Waals surface area contributed by atoms with Crippen LogP contribution in [-0.4, -0.2) is 61.4 Å². The minimum absolute atomic E-state index is 0.0131. The zero-order chi connectivity index (χ0) is 19.2. The predicted octanol–water partition coefficient (Wildman–Crippen LogP) is 1.65. The molecule has 1 aliphatic heterocycles. The van der Waals surface area contributed by atoms with Crippen LogP contribution in [0.15, 0.2) is 31.2 Å². The third kappa shape index (κ3) is 4.75. The molecule has 1 amide bonds. The Morgan fingerprint density at radius 2 is 2.33 bits per heavy atom. The van der Waals surface area contributed by atoms with Crippen LogP contribution in [0.4, 0.5) is 17.5 Å². The Labute approximate surface area is 162 Å². The van der Waals surface area contributed by atoms with Crippen LogP contribution in [0, 0.1) is 0 Å². The quantitative estimate of drug-likeness (QED) is 0.587. The number of nitrogens with zero attached hydrogens (tertiary/aromatic N) is 5. The number of amides is 1. The fourth-order valence-corrected chi connectivity index (χ4v) is 3.16. The first kappa shape index (κ1) is 19.1. The van der Waals surface area contributed by atoms with E-state index in [9.17, 15) is 4.79 Å². The maximum Gasteiger partial charge on any atom is 0.246 e. The number of hydrogen-bond acceptors (Lipinski definition) is 7. The van der Waals surface area contributed by atoms with Crippen molar-refractivity contribution >= 4 is 35.0 Å². The van der Waals surface area contributed by atoms with Crippen molar-refractivity contribution in [1.29, 1.82) is 0 Å². The Bertz CT molecular complexity index is 810. The van der Waals surface area contributed by atoms with E-state index in [-0.39, 0.29) is 18.6 Å². The number of aliphatic hydroxyl groups is 1. The molecule has 0 aliphatic carbocycles. The highest BCUT2D eigenvalue weighted by Gasteiger charge is 2.27. The van der Waals surface area contributed by atoms with Crippen molar-refractivity contribution in [1.82, 2.24) is 24.6 Å².